The maximum Gasteiger partial charge on any atom is 0.193 e. The van der Waals surface area contributed by atoms with Crippen molar-refractivity contribution in [1.82, 2.24) is 10.2 Å². The van der Waals surface area contributed by atoms with Gasteiger partial charge in [0, 0.05) is 44.6 Å². The Morgan fingerprint density at radius 2 is 1.89 bits per heavy atom. The van der Waals surface area contributed by atoms with Gasteiger partial charge in [0.1, 0.15) is 0 Å². The van der Waals surface area contributed by atoms with E-state index in [0.29, 0.717) is 0 Å². The maximum absolute atomic E-state index is 5.55. The summed E-state index contributed by atoms with van der Waals surface area (Å²) in [5.74, 6) is 1.05. The largest absolute Gasteiger partial charge is 0.381 e. The predicted molar refractivity (Wildman–Crippen MR) is 128 cm³/mol. The first-order valence-corrected chi connectivity index (χ1v) is 10.8. The number of rotatable bonds is 4. The van der Waals surface area contributed by atoms with Crippen molar-refractivity contribution in [3.63, 3.8) is 0 Å². The zero-order valence-corrected chi connectivity index (χ0v) is 19.6. The van der Waals surface area contributed by atoms with Gasteiger partial charge in [-0.15, -0.1) is 24.0 Å². The fourth-order valence-corrected chi connectivity index (χ4v) is 4.50. The van der Waals surface area contributed by atoms with Crippen LogP contribution < -0.4 is 5.32 Å². The van der Waals surface area contributed by atoms with Gasteiger partial charge in [-0.3, -0.25) is 4.99 Å². The van der Waals surface area contributed by atoms with Crippen LogP contribution in [0, 0.1) is 0 Å². The monoisotopic (exact) mass is 501 g/mol. The summed E-state index contributed by atoms with van der Waals surface area (Å²) >= 11 is 1.97. The Labute approximate surface area is 185 Å². The Morgan fingerprint density at radius 1 is 1.22 bits per heavy atom. The molecule has 4 nitrogen and oxygen atoms in total. The number of guanidine groups is 1. The fraction of sp³-hybridized carbons (Fsp3) is 0.571. The first-order valence-electron chi connectivity index (χ1n) is 9.58. The van der Waals surface area contributed by atoms with Crippen LogP contribution in [-0.2, 0) is 4.74 Å². The Hall–Kier alpha value is -0.730. The van der Waals surface area contributed by atoms with Gasteiger partial charge in [-0.25, -0.2) is 0 Å². The van der Waals surface area contributed by atoms with Gasteiger partial charge in [0.2, 0.25) is 0 Å². The third-order valence-electron chi connectivity index (χ3n) is 5.49. The molecule has 2 fully saturated rings. The first-order chi connectivity index (χ1) is 12.7. The van der Waals surface area contributed by atoms with E-state index < -0.39 is 0 Å². The van der Waals surface area contributed by atoms with Crippen LogP contribution in [0.2, 0.25) is 0 Å². The van der Waals surface area contributed by atoms with Gasteiger partial charge in [-0.1, -0.05) is 42.0 Å². The van der Waals surface area contributed by atoms with Crippen LogP contribution in [0.3, 0.4) is 0 Å². The van der Waals surface area contributed by atoms with Crippen molar-refractivity contribution in [3.8, 4) is 0 Å². The average molecular weight is 501 g/mol. The van der Waals surface area contributed by atoms with Crippen LogP contribution >= 0.6 is 35.7 Å². The van der Waals surface area contributed by atoms with E-state index in [1.54, 1.807) is 0 Å². The molecule has 0 radical (unpaired) electrons. The molecule has 2 aliphatic heterocycles. The molecule has 1 N–H and O–H groups in total. The molecular weight excluding hydrogens is 469 g/mol. The zero-order chi connectivity index (χ0) is 18.2. The molecule has 1 aromatic rings. The topological polar surface area (TPSA) is 36.9 Å². The third kappa shape index (κ3) is 6.39. The molecular formula is C21H32IN3OS. The zero-order valence-electron chi connectivity index (χ0n) is 16.4. The van der Waals surface area contributed by atoms with E-state index in [-0.39, 0.29) is 28.7 Å². The van der Waals surface area contributed by atoms with E-state index >= 15 is 0 Å². The minimum absolute atomic E-state index is 0. The molecule has 2 heterocycles. The summed E-state index contributed by atoms with van der Waals surface area (Å²) in [5.41, 5.74) is 2.84. The van der Waals surface area contributed by atoms with E-state index in [1.807, 2.05) is 18.8 Å². The molecule has 0 aromatic heterocycles. The number of thioether (sulfide) groups is 1. The van der Waals surface area contributed by atoms with Gasteiger partial charge in [0.15, 0.2) is 5.96 Å². The molecule has 2 aliphatic rings. The maximum atomic E-state index is 5.55. The predicted octanol–water partition coefficient (Wildman–Crippen LogP) is 4.27. The quantitative estimate of drug-likeness (QED) is 0.380. The summed E-state index contributed by atoms with van der Waals surface area (Å²) in [4.78, 5) is 6.94. The molecule has 0 saturated carbocycles. The highest BCUT2D eigenvalue weighted by Gasteiger charge is 2.32. The lowest BCUT2D eigenvalue weighted by Gasteiger charge is -2.38. The third-order valence-corrected chi connectivity index (χ3v) is 6.91. The molecule has 0 spiro atoms. The second kappa shape index (κ2) is 11.3. The standard InChI is InChI=1S/C21H31N3OS.HI/c1-22-20(23-17-21(26-2)10-14-25-15-11-21)24-12-8-19(9-13-24)16-18-6-4-3-5-7-18;/h3-7,16H,8-15,17H2,1-2H3,(H,22,23);1H. The van der Waals surface area contributed by atoms with E-state index in [1.165, 1.54) is 11.1 Å². The van der Waals surface area contributed by atoms with Crippen LogP contribution in [-0.4, -0.2) is 61.8 Å². The van der Waals surface area contributed by atoms with Crippen LogP contribution in [0.4, 0.5) is 0 Å². The van der Waals surface area contributed by atoms with Crippen LogP contribution in [0.5, 0.6) is 0 Å². The Balaban J connectivity index is 0.00000261. The van der Waals surface area contributed by atoms with Crippen LogP contribution in [0.1, 0.15) is 31.2 Å². The van der Waals surface area contributed by atoms with E-state index in [2.05, 4.69) is 57.9 Å². The summed E-state index contributed by atoms with van der Waals surface area (Å²) in [5, 5.41) is 3.65. The minimum atomic E-state index is 0. The number of hydrogen-bond acceptors (Lipinski definition) is 3. The number of nitrogens with zero attached hydrogens (tertiary/aromatic N) is 2. The second-order valence-electron chi connectivity index (χ2n) is 7.10. The van der Waals surface area contributed by atoms with Crippen molar-refractivity contribution in [3.05, 3.63) is 41.5 Å². The van der Waals surface area contributed by atoms with Gasteiger partial charge in [0.05, 0.1) is 0 Å². The number of nitrogens with one attached hydrogen (secondary N) is 1. The van der Waals surface area contributed by atoms with Gasteiger partial charge in [-0.05, 0) is 37.5 Å². The lowest BCUT2D eigenvalue weighted by Crippen LogP contribution is -2.50. The first kappa shape index (κ1) is 22.6. The number of piperidine rings is 1. The summed E-state index contributed by atoms with van der Waals surface area (Å²) in [6.07, 6.45) is 9.01. The summed E-state index contributed by atoms with van der Waals surface area (Å²) in [6.45, 7) is 4.78. The van der Waals surface area contributed by atoms with Crippen molar-refractivity contribution in [2.24, 2.45) is 4.99 Å². The number of likely N-dealkylation sites (tertiary alicyclic amines) is 1. The van der Waals surface area contributed by atoms with Gasteiger partial charge in [0.25, 0.3) is 0 Å². The van der Waals surface area contributed by atoms with Crippen molar-refractivity contribution in [1.29, 1.82) is 0 Å². The van der Waals surface area contributed by atoms with Crippen LogP contribution in [0.15, 0.2) is 40.9 Å². The second-order valence-corrected chi connectivity index (χ2v) is 8.37. The molecule has 6 heteroatoms. The molecule has 0 unspecified atom stereocenters. The molecule has 2 saturated heterocycles. The molecule has 0 atom stereocenters. The molecule has 0 aliphatic carbocycles. The number of ether oxygens (including phenoxy) is 1. The lowest BCUT2D eigenvalue weighted by molar-refractivity contribution is 0.0781. The highest BCUT2D eigenvalue weighted by molar-refractivity contribution is 14.0. The van der Waals surface area contributed by atoms with Crippen molar-refractivity contribution < 1.29 is 4.74 Å². The van der Waals surface area contributed by atoms with E-state index in [4.69, 9.17) is 4.74 Å². The highest BCUT2D eigenvalue weighted by atomic mass is 127. The summed E-state index contributed by atoms with van der Waals surface area (Å²) in [7, 11) is 1.90. The number of hydrogen-bond donors (Lipinski definition) is 1. The van der Waals surface area contributed by atoms with E-state index in [0.717, 1.165) is 64.5 Å². The average Bonchev–Trinajstić information content (AvgIpc) is 2.71. The van der Waals surface area contributed by atoms with Crippen molar-refractivity contribution >= 4 is 47.8 Å². The Bertz CT molecular complexity index is 620. The Morgan fingerprint density at radius 3 is 2.48 bits per heavy atom. The minimum Gasteiger partial charge on any atom is -0.381 e. The molecule has 150 valence electrons. The van der Waals surface area contributed by atoms with Gasteiger partial charge < -0.3 is 15.0 Å². The molecule has 0 bridgehead atoms. The molecule has 0 amide bonds. The van der Waals surface area contributed by atoms with E-state index in [9.17, 15) is 0 Å². The van der Waals surface area contributed by atoms with Gasteiger partial charge >= 0.3 is 0 Å². The van der Waals surface area contributed by atoms with Crippen molar-refractivity contribution in [2.45, 2.75) is 30.4 Å². The highest BCUT2D eigenvalue weighted by Crippen LogP contribution is 2.33. The van der Waals surface area contributed by atoms with Gasteiger partial charge in [-0.2, -0.15) is 11.8 Å². The Kier molecular flexibility index (Phi) is 9.45. The fourth-order valence-electron chi connectivity index (χ4n) is 3.70. The normalized spacial score (nSPS) is 20.0. The lowest BCUT2D eigenvalue weighted by atomic mass is 9.99. The smallest absolute Gasteiger partial charge is 0.193 e. The number of benzene rings is 1. The SMILES string of the molecule is CN=C(NCC1(SC)CCOCC1)N1CCC(=Cc2ccccc2)CC1.I. The molecule has 3 rings (SSSR count). The number of halogens is 1. The number of aliphatic imine (C=N–C) groups is 1. The van der Waals surface area contributed by atoms with Crippen molar-refractivity contribution in [2.75, 3.05) is 46.2 Å². The molecule has 27 heavy (non-hydrogen) atoms. The van der Waals surface area contributed by atoms with Crippen LogP contribution in [0.25, 0.3) is 6.08 Å². The summed E-state index contributed by atoms with van der Waals surface area (Å²) in [6, 6.07) is 10.6. The molecule has 1 aromatic carbocycles. The summed E-state index contributed by atoms with van der Waals surface area (Å²) < 4.78 is 5.83.